The highest BCUT2D eigenvalue weighted by atomic mass is 19.4. The van der Waals surface area contributed by atoms with Crippen molar-refractivity contribution in [2.24, 2.45) is 0 Å². The Hall–Kier alpha value is -1.07. The molecule has 0 bridgehead atoms. The fourth-order valence-electron chi connectivity index (χ4n) is 2.17. The molecule has 1 aromatic carbocycles. The number of hydrogen-bond donors (Lipinski definition) is 2. The van der Waals surface area contributed by atoms with Crippen LogP contribution in [-0.4, -0.2) is 30.0 Å². The SMILES string of the molecule is CC(CCCC(F)(F)F)N[C@H](CO)Cc1ccccc1. The van der Waals surface area contributed by atoms with Gasteiger partial charge in [-0.2, -0.15) is 13.2 Å². The molecular formula is C15H22F3NO. The summed E-state index contributed by atoms with van der Waals surface area (Å²) in [4.78, 5) is 0. The van der Waals surface area contributed by atoms with E-state index in [1.165, 1.54) is 0 Å². The molecule has 0 radical (unpaired) electrons. The average molecular weight is 289 g/mol. The third-order valence-electron chi connectivity index (χ3n) is 3.16. The summed E-state index contributed by atoms with van der Waals surface area (Å²) >= 11 is 0. The second kappa shape index (κ2) is 8.27. The number of aliphatic hydroxyl groups excluding tert-OH is 1. The zero-order valence-electron chi connectivity index (χ0n) is 11.7. The zero-order valence-corrected chi connectivity index (χ0v) is 11.7. The van der Waals surface area contributed by atoms with Gasteiger partial charge in [-0.05, 0) is 31.7 Å². The Morgan fingerprint density at radius 2 is 1.85 bits per heavy atom. The summed E-state index contributed by atoms with van der Waals surface area (Å²) < 4.78 is 36.2. The van der Waals surface area contributed by atoms with Gasteiger partial charge in [0.15, 0.2) is 0 Å². The van der Waals surface area contributed by atoms with E-state index >= 15 is 0 Å². The molecule has 114 valence electrons. The maximum atomic E-state index is 12.1. The van der Waals surface area contributed by atoms with Gasteiger partial charge in [-0.1, -0.05) is 30.3 Å². The summed E-state index contributed by atoms with van der Waals surface area (Å²) in [5.41, 5.74) is 1.10. The quantitative estimate of drug-likeness (QED) is 0.769. The lowest BCUT2D eigenvalue weighted by atomic mass is 10.0. The van der Waals surface area contributed by atoms with Gasteiger partial charge in [0.05, 0.1) is 6.61 Å². The highest BCUT2D eigenvalue weighted by Crippen LogP contribution is 2.22. The first-order valence-corrected chi connectivity index (χ1v) is 6.88. The van der Waals surface area contributed by atoms with E-state index < -0.39 is 12.6 Å². The highest BCUT2D eigenvalue weighted by Gasteiger charge is 2.26. The molecule has 0 saturated carbocycles. The molecule has 1 rings (SSSR count). The molecule has 0 aromatic heterocycles. The molecule has 0 aliphatic carbocycles. The van der Waals surface area contributed by atoms with Crippen molar-refractivity contribution in [1.82, 2.24) is 5.32 Å². The summed E-state index contributed by atoms with van der Waals surface area (Å²) in [5.74, 6) is 0. The van der Waals surface area contributed by atoms with Crippen molar-refractivity contribution in [2.45, 2.75) is 50.9 Å². The third kappa shape index (κ3) is 7.50. The van der Waals surface area contributed by atoms with Crippen molar-refractivity contribution in [2.75, 3.05) is 6.61 Å². The van der Waals surface area contributed by atoms with Gasteiger partial charge in [0.25, 0.3) is 0 Å². The zero-order chi connectivity index (χ0) is 15.0. The Labute approximate surface area is 118 Å². The molecule has 0 aliphatic rings. The topological polar surface area (TPSA) is 32.3 Å². The molecule has 0 aliphatic heterocycles. The molecule has 0 fully saturated rings. The first-order chi connectivity index (χ1) is 9.40. The Morgan fingerprint density at radius 3 is 2.40 bits per heavy atom. The van der Waals surface area contributed by atoms with Crippen LogP contribution in [0.3, 0.4) is 0 Å². The number of benzene rings is 1. The maximum Gasteiger partial charge on any atom is 0.389 e. The van der Waals surface area contributed by atoms with Gasteiger partial charge < -0.3 is 10.4 Å². The first-order valence-electron chi connectivity index (χ1n) is 6.88. The van der Waals surface area contributed by atoms with E-state index in [-0.39, 0.29) is 25.1 Å². The fourth-order valence-corrected chi connectivity index (χ4v) is 2.17. The molecule has 1 aromatic rings. The number of nitrogens with one attached hydrogen (secondary N) is 1. The lowest BCUT2D eigenvalue weighted by molar-refractivity contribution is -0.135. The van der Waals surface area contributed by atoms with Gasteiger partial charge >= 0.3 is 6.18 Å². The molecular weight excluding hydrogens is 267 g/mol. The monoisotopic (exact) mass is 289 g/mol. The number of aliphatic hydroxyl groups is 1. The number of halogens is 3. The van der Waals surface area contributed by atoms with Crippen LogP contribution in [-0.2, 0) is 6.42 Å². The fraction of sp³-hybridized carbons (Fsp3) is 0.600. The maximum absolute atomic E-state index is 12.1. The van der Waals surface area contributed by atoms with Gasteiger partial charge in [0, 0.05) is 18.5 Å². The predicted octanol–water partition coefficient (Wildman–Crippen LogP) is 3.30. The van der Waals surface area contributed by atoms with Crippen molar-refractivity contribution >= 4 is 0 Å². The van der Waals surface area contributed by atoms with E-state index in [0.717, 1.165) is 5.56 Å². The van der Waals surface area contributed by atoms with E-state index in [2.05, 4.69) is 5.32 Å². The van der Waals surface area contributed by atoms with Crippen molar-refractivity contribution in [1.29, 1.82) is 0 Å². The van der Waals surface area contributed by atoms with E-state index in [1.54, 1.807) is 0 Å². The van der Waals surface area contributed by atoms with Crippen LogP contribution >= 0.6 is 0 Å². The Bertz CT molecular complexity index is 367. The molecule has 2 atom stereocenters. The van der Waals surface area contributed by atoms with Crippen LogP contribution in [0.4, 0.5) is 13.2 Å². The van der Waals surface area contributed by atoms with Crippen LogP contribution in [0.25, 0.3) is 0 Å². The van der Waals surface area contributed by atoms with Crippen LogP contribution in [0.2, 0.25) is 0 Å². The van der Waals surface area contributed by atoms with Gasteiger partial charge in [-0.15, -0.1) is 0 Å². The molecule has 0 spiro atoms. The van der Waals surface area contributed by atoms with Crippen LogP contribution < -0.4 is 5.32 Å². The largest absolute Gasteiger partial charge is 0.395 e. The van der Waals surface area contributed by atoms with E-state index in [1.807, 2.05) is 37.3 Å². The minimum Gasteiger partial charge on any atom is -0.395 e. The van der Waals surface area contributed by atoms with Gasteiger partial charge in [0.2, 0.25) is 0 Å². The molecule has 0 saturated heterocycles. The van der Waals surface area contributed by atoms with E-state index in [0.29, 0.717) is 12.8 Å². The summed E-state index contributed by atoms with van der Waals surface area (Å²) in [6, 6.07) is 9.55. The third-order valence-corrected chi connectivity index (χ3v) is 3.16. The van der Waals surface area contributed by atoms with Crippen LogP contribution in [0.1, 0.15) is 31.7 Å². The minimum atomic E-state index is -4.08. The van der Waals surface area contributed by atoms with Crippen molar-refractivity contribution < 1.29 is 18.3 Å². The van der Waals surface area contributed by atoms with Gasteiger partial charge in [-0.3, -0.25) is 0 Å². The highest BCUT2D eigenvalue weighted by molar-refractivity contribution is 5.15. The van der Waals surface area contributed by atoms with Crippen LogP contribution in [0, 0.1) is 0 Å². The lowest BCUT2D eigenvalue weighted by Gasteiger charge is -2.22. The predicted molar refractivity (Wildman–Crippen MR) is 73.5 cm³/mol. The number of rotatable bonds is 8. The Kier molecular flexibility index (Phi) is 7.02. The molecule has 5 heteroatoms. The summed E-state index contributed by atoms with van der Waals surface area (Å²) in [5, 5.41) is 12.5. The molecule has 2 N–H and O–H groups in total. The summed E-state index contributed by atoms with van der Waals surface area (Å²) in [6.45, 7) is 1.82. The average Bonchev–Trinajstić information content (AvgIpc) is 2.37. The second-order valence-electron chi connectivity index (χ2n) is 5.14. The first kappa shape index (κ1) is 17.0. The molecule has 1 unspecified atom stereocenters. The molecule has 0 heterocycles. The van der Waals surface area contributed by atoms with Crippen molar-refractivity contribution in [3.8, 4) is 0 Å². The second-order valence-corrected chi connectivity index (χ2v) is 5.14. The molecule has 2 nitrogen and oxygen atoms in total. The number of alkyl halides is 3. The normalized spacial score (nSPS) is 15.1. The Balaban J connectivity index is 2.32. The van der Waals surface area contributed by atoms with Gasteiger partial charge in [-0.25, -0.2) is 0 Å². The van der Waals surface area contributed by atoms with Crippen LogP contribution in [0.5, 0.6) is 0 Å². The van der Waals surface area contributed by atoms with E-state index in [9.17, 15) is 18.3 Å². The van der Waals surface area contributed by atoms with Crippen LogP contribution in [0.15, 0.2) is 30.3 Å². The molecule has 20 heavy (non-hydrogen) atoms. The standard InChI is InChI=1S/C15H22F3NO/c1-12(6-5-9-15(16,17)18)19-14(11-20)10-13-7-3-2-4-8-13/h2-4,7-8,12,14,19-20H,5-6,9-11H2,1H3/t12?,14-/m0/s1. The van der Waals surface area contributed by atoms with Crippen molar-refractivity contribution in [3.63, 3.8) is 0 Å². The Morgan fingerprint density at radius 1 is 1.20 bits per heavy atom. The summed E-state index contributed by atoms with van der Waals surface area (Å²) in [7, 11) is 0. The number of hydrogen-bond acceptors (Lipinski definition) is 2. The lowest BCUT2D eigenvalue weighted by Crippen LogP contribution is -2.40. The van der Waals surface area contributed by atoms with Crippen molar-refractivity contribution in [3.05, 3.63) is 35.9 Å². The smallest absolute Gasteiger partial charge is 0.389 e. The minimum absolute atomic E-state index is 0.0293. The van der Waals surface area contributed by atoms with Gasteiger partial charge in [0.1, 0.15) is 0 Å². The van der Waals surface area contributed by atoms with E-state index in [4.69, 9.17) is 0 Å². The molecule has 0 amide bonds. The summed E-state index contributed by atoms with van der Waals surface area (Å²) in [6.07, 6.45) is -3.60.